The molecule has 7 heteroatoms. The van der Waals surface area contributed by atoms with Crippen LogP contribution in [-0.2, 0) is 6.54 Å². The average molecular weight is 281 g/mol. The fourth-order valence-electron chi connectivity index (χ4n) is 1.59. The molecular formula is C10H7N3OS3. The molecule has 0 spiro atoms. The Hall–Kier alpha value is -1.31. The molecule has 0 aliphatic rings. The molecule has 0 aromatic carbocycles. The molecule has 3 rings (SSSR count). The van der Waals surface area contributed by atoms with Crippen LogP contribution in [0.1, 0.15) is 5.01 Å². The summed E-state index contributed by atoms with van der Waals surface area (Å²) in [6.07, 6.45) is 1.72. The van der Waals surface area contributed by atoms with Crippen molar-refractivity contribution in [3.05, 3.63) is 43.2 Å². The van der Waals surface area contributed by atoms with Crippen LogP contribution in [0, 0.1) is 4.77 Å². The second-order valence-corrected chi connectivity index (χ2v) is 5.69. The van der Waals surface area contributed by atoms with E-state index in [2.05, 4.69) is 9.97 Å². The van der Waals surface area contributed by atoms with Gasteiger partial charge in [0.1, 0.15) is 9.84 Å². The van der Waals surface area contributed by atoms with Gasteiger partial charge in [-0.1, -0.05) is 0 Å². The van der Waals surface area contributed by atoms with Gasteiger partial charge in [0.05, 0.1) is 11.9 Å². The summed E-state index contributed by atoms with van der Waals surface area (Å²) in [5.74, 6) is 0. The number of thiophene rings is 1. The van der Waals surface area contributed by atoms with Crippen molar-refractivity contribution in [1.82, 2.24) is 14.5 Å². The van der Waals surface area contributed by atoms with Gasteiger partial charge in [-0.05, 0) is 23.7 Å². The third-order valence-electron chi connectivity index (χ3n) is 2.38. The molecule has 0 unspecified atom stereocenters. The van der Waals surface area contributed by atoms with E-state index in [4.69, 9.17) is 12.2 Å². The van der Waals surface area contributed by atoms with Crippen LogP contribution in [0.2, 0.25) is 0 Å². The maximum atomic E-state index is 12.2. The number of hydrogen-bond acceptors (Lipinski definition) is 5. The zero-order valence-electron chi connectivity index (χ0n) is 8.54. The number of aromatic amines is 1. The van der Waals surface area contributed by atoms with E-state index in [0.29, 0.717) is 16.7 Å². The van der Waals surface area contributed by atoms with E-state index in [1.54, 1.807) is 10.8 Å². The van der Waals surface area contributed by atoms with Crippen molar-refractivity contribution < 1.29 is 0 Å². The van der Waals surface area contributed by atoms with E-state index >= 15 is 0 Å². The minimum atomic E-state index is -0.0554. The lowest BCUT2D eigenvalue weighted by Crippen LogP contribution is -2.22. The summed E-state index contributed by atoms with van der Waals surface area (Å²) in [6.45, 7) is 0.428. The highest BCUT2D eigenvalue weighted by Crippen LogP contribution is 2.14. The maximum absolute atomic E-state index is 12.2. The van der Waals surface area contributed by atoms with Crippen LogP contribution in [-0.4, -0.2) is 14.5 Å². The summed E-state index contributed by atoms with van der Waals surface area (Å²) in [6, 6.07) is 1.81. The summed E-state index contributed by atoms with van der Waals surface area (Å²) in [5, 5.41) is 5.32. The average Bonchev–Trinajstić information content (AvgIpc) is 2.94. The molecule has 0 fully saturated rings. The monoisotopic (exact) mass is 281 g/mol. The number of H-pyrrole nitrogens is 1. The van der Waals surface area contributed by atoms with Crippen molar-refractivity contribution in [2.75, 3.05) is 0 Å². The van der Waals surface area contributed by atoms with Gasteiger partial charge >= 0.3 is 0 Å². The van der Waals surface area contributed by atoms with Gasteiger partial charge in [0.25, 0.3) is 5.56 Å². The van der Waals surface area contributed by atoms with Gasteiger partial charge < -0.3 is 4.98 Å². The highest BCUT2D eigenvalue weighted by atomic mass is 32.1. The Morgan fingerprint density at radius 3 is 3.06 bits per heavy atom. The molecule has 0 saturated heterocycles. The Morgan fingerprint density at radius 1 is 1.41 bits per heavy atom. The predicted octanol–water partition coefficient (Wildman–Crippen LogP) is 2.63. The molecule has 3 heterocycles. The molecule has 0 aliphatic heterocycles. The summed E-state index contributed by atoms with van der Waals surface area (Å²) in [5.41, 5.74) is -0.0554. The van der Waals surface area contributed by atoms with Gasteiger partial charge in [0.15, 0.2) is 4.77 Å². The van der Waals surface area contributed by atoms with Crippen molar-refractivity contribution in [3.63, 3.8) is 0 Å². The molecule has 1 N–H and O–H groups in total. The number of aromatic nitrogens is 3. The van der Waals surface area contributed by atoms with Crippen LogP contribution in [0.15, 0.2) is 27.8 Å². The lowest BCUT2D eigenvalue weighted by Gasteiger charge is -2.03. The molecule has 0 atom stereocenters. The standard InChI is InChI=1S/C10H7N3OS3/c14-9-6-1-3-17-8(6)12-10(15)13(9)5-7-11-2-4-16-7/h1-4H,5H2,(H,12,15). The fraction of sp³-hybridized carbons (Fsp3) is 0.100. The second kappa shape index (κ2) is 4.17. The zero-order chi connectivity index (χ0) is 11.8. The molecule has 3 aromatic heterocycles. The van der Waals surface area contributed by atoms with Gasteiger partial charge in [-0.15, -0.1) is 22.7 Å². The molecule has 3 aromatic rings. The molecule has 17 heavy (non-hydrogen) atoms. The first kappa shape index (κ1) is 10.8. The minimum absolute atomic E-state index is 0.0554. The largest absolute Gasteiger partial charge is 0.323 e. The van der Waals surface area contributed by atoms with Crippen LogP contribution >= 0.6 is 34.9 Å². The highest BCUT2D eigenvalue weighted by Gasteiger charge is 2.07. The van der Waals surface area contributed by atoms with Crippen LogP contribution < -0.4 is 5.56 Å². The molecule has 4 nitrogen and oxygen atoms in total. The molecule has 0 aliphatic carbocycles. The number of fused-ring (bicyclic) bond motifs is 1. The Morgan fingerprint density at radius 2 is 2.29 bits per heavy atom. The quantitative estimate of drug-likeness (QED) is 0.735. The number of thiazole rings is 1. The van der Waals surface area contributed by atoms with Crippen LogP contribution in [0.5, 0.6) is 0 Å². The molecule has 0 saturated carbocycles. The molecule has 0 bridgehead atoms. The van der Waals surface area contributed by atoms with E-state index in [0.717, 1.165) is 9.84 Å². The SMILES string of the molecule is O=c1c2ccsc2[nH]c(=S)n1Cc1nccs1. The summed E-state index contributed by atoms with van der Waals surface area (Å²) in [7, 11) is 0. The van der Waals surface area contributed by atoms with Gasteiger partial charge in [-0.3, -0.25) is 9.36 Å². The Kier molecular flexibility index (Phi) is 2.65. The van der Waals surface area contributed by atoms with Gasteiger partial charge in [0.2, 0.25) is 0 Å². The number of nitrogens with one attached hydrogen (secondary N) is 1. The Balaban J connectivity index is 2.22. The van der Waals surface area contributed by atoms with E-state index < -0.39 is 0 Å². The first-order chi connectivity index (χ1) is 8.25. The van der Waals surface area contributed by atoms with Crippen molar-refractivity contribution in [1.29, 1.82) is 0 Å². The van der Waals surface area contributed by atoms with Gasteiger partial charge in [0, 0.05) is 11.6 Å². The van der Waals surface area contributed by atoms with Crippen LogP contribution in [0.4, 0.5) is 0 Å². The Bertz CT molecular complexity index is 766. The third-order valence-corrected chi connectivity index (χ3v) is 4.30. The number of nitrogens with zero attached hydrogens (tertiary/aromatic N) is 2. The molecule has 0 amide bonds. The fourth-order valence-corrected chi connectivity index (χ4v) is 3.28. The van der Waals surface area contributed by atoms with E-state index in [-0.39, 0.29) is 5.56 Å². The topological polar surface area (TPSA) is 50.7 Å². The number of rotatable bonds is 2. The van der Waals surface area contributed by atoms with Crippen molar-refractivity contribution in [2.24, 2.45) is 0 Å². The van der Waals surface area contributed by atoms with Crippen molar-refractivity contribution >= 4 is 45.1 Å². The van der Waals surface area contributed by atoms with Gasteiger partial charge in [-0.2, -0.15) is 0 Å². The van der Waals surface area contributed by atoms with E-state index in [1.165, 1.54) is 22.7 Å². The number of hydrogen-bond donors (Lipinski definition) is 1. The lowest BCUT2D eigenvalue weighted by atomic mass is 10.4. The lowest BCUT2D eigenvalue weighted by molar-refractivity contribution is 0.731. The first-order valence-corrected chi connectivity index (χ1v) is 7.01. The van der Waals surface area contributed by atoms with Gasteiger partial charge in [-0.25, -0.2) is 4.98 Å². The third kappa shape index (κ3) is 1.86. The maximum Gasteiger partial charge on any atom is 0.263 e. The highest BCUT2D eigenvalue weighted by molar-refractivity contribution is 7.71. The summed E-state index contributed by atoms with van der Waals surface area (Å²) >= 11 is 8.19. The summed E-state index contributed by atoms with van der Waals surface area (Å²) in [4.78, 5) is 20.3. The molecular weight excluding hydrogens is 274 g/mol. The van der Waals surface area contributed by atoms with Crippen molar-refractivity contribution in [3.8, 4) is 0 Å². The molecule has 0 radical (unpaired) electrons. The normalized spacial score (nSPS) is 11.1. The summed E-state index contributed by atoms with van der Waals surface area (Å²) < 4.78 is 1.99. The second-order valence-electron chi connectivity index (χ2n) is 3.41. The van der Waals surface area contributed by atoms with Crippen LogP contribution in [0.3, 0.4) is 0 Å². The van der Waals surface area contributed by atoms with Crippen molar-refractivity contribution in [2.45, 2.75) is 6.54 Å². The van der Waals surface area contributed by atoms with Crippen LogP contribution in [0.25, 0.3) is 10.2 Å². The molecule has 86 valence electrons. The van der Waals surface area contributed by atoms with E-state index in [9.17, 15) is 4.79 Å². The van der Waals surface area contributed by atoms with E-state index in [1.807, 2.05) is 16.8 Å². The minimum Gasteiger partial charge on any atom is -0.323 e. The first-order valence-electron chi connectivity index (χ1n) is 4.84. The zero-order valence-corrected chi connectivity index (χ0v) is 11.0. The predicted molar refractivity (Wildman–Crippen MR) is 72.5 cm³/mol. The Labute approximate surface area is 109 Å². The smallest absolute Gasteiger partial charge is 0.263 e.